The molecule has 2 heterocycles. The lowest BCUT2D eigenvalue weighted by atomic mass is 10.2. The highest BCUT2D eigenvalue weighted by Crippen LogP contribution is 2.11. The number of carboxylic acid groups (broad SMARTS) is 1. The van der Waals surface area contributed by atoms with Crippen molar-refractivity contribution in [2.75, 3.05) is 19.7 Å². The van der Waals surface area contributed by atoms with Crippen molar-refractivity contribution in [3.05, 3.63) is 29.6 Å². The van der Waals surface area contributed by atoms with E-state index in [1.165, 1.54) is 6.07 Å². The maximum atomic E-state index is 10.8. The van der Waals surface area contributed by atoms with E-state index < -0.39 is 5.97 Å². The Morgan fingerprint density at radius 1 is 1.61 bits per heavy atom. The second-order valence-corrected chi connectivity index (χ2v) is 4.46. The Balaban J connectivity index is 2.00. The quantitative estimate of drug-likeness (QED) is 0.875. The van der Waals surface area contributed by atoms with Crippen molar-refractivity contribution >= 4 is 5.97 Å². The van der Waals surface area contributed by atoms with Crippen molar-refractivity contribution in [1.82, 2.24) is 9.88 Å². The summed E-state index contributed by atoms with van der Waals surface area (Å²) >= 11 is 0. The molecule has 1 aliphatic heterocycles. The summed E-state index contributed by atoms with van der Waals surface area (Å²) < 4.78 is 5.60. The van der Waals surface area contributed by atoms with E-state index in [-0.39, 0.29) is 11.8 Å². The normalized spacial score (nSPS) is 20.8. The number of ether oxygens (including phenoxy) is 1. The van der Waals surface area contributed by atoms with Gasteiger partial charge >= 0.3 is 5.97 Å². The van der Waals surface area contributed by atoms with Crippen LogP contribution in [-0.4, -0.2) is 46.8 Å². The molecule has 0 saturated carbocycles. The van der Waals surface area contributed by atoms with Crippen molar-refractivity contribution < 1.29 is 14.6 Å². The van der Waals surface area contributed by atoms with Gasteiger partial charge in [-0.1, -0.05) is 13.0 Å². The SMILES string of the molecule is CCC1CN(Cc2cccc(C(=O)O)n2)CCO1. The van der Waals surface area contributed by atoms with Gasteiger partial charge in [0.2, 0.25) is 0 Å². The summed E-state index contributed by atoms with van der Waals surface area (Å²) in [7, 11) is 0. The minimum absolute atomic E-state index is 0.104. The molecule has 0 radical (unpaired) electrons. The van der Waals surface area contributed by atoms with Crippen molar-refractivity contribution in [2.45, 2.75) is 26.0 Å². The van der Waals surface area contributed by atoms with Crippen LogP contribution in [0.15, 0.2) is 18.2 Å². The summed E-state index contributed by atoms with van der Waals surface area (Å²) in [6.45, 7) is 5.28. The first kappa shape index (κ1) is 13.0. The van der Waals surface area contributed by atoms with Gasteiger partial charge in [0.15, 0.2) is 0 Å². The van der Waals surface area contributed by atoms with Gasteiger partial charge in [0.1, 0.15) is 5.69 Å². The third kappa shape index (κ3) is 3.27. The fourth-order valence-corrected chi connectivity index (χ4v) is 2.09. The highest BCUT2D eigenvalue weighted by atomic mass is 16.5. The van der Waals surface area contributed by atoms with Gasteiger partial charge in [-0.15, -0.1) is 0 Å². The molecule has 1 aromatic rings. The summed E-state index contributed by atoms with van der Waals surface area (Å²) in [5, 5.41) is 8.90. The smallest absolute Gasteiger partial charge is 0.354 e. The number of pyridine rings is 1. The molecule has 1 unspecified atom stereocenters. The minimum atomic E-state index is -0.981. The Labute approximate surface area is 106 Å². The topological polar surface area (TPSA) is 62.7 Å². The molecule has 98 valence electrons. The molecular formula is C13H18N2O3. The summed E-state index contributed by atoms with van der Waals surface area (Å²) in [5.74, 6) is -0.981. The lowest BCUT2D eigenvalue weighted by Crippen LogP contribution is -2.41. The van der Waals surface area contributed by atoms with Crippen LogP contribution in [0.25, 0.3) is 0 Å². The van der Waals surface area contributed by atoms with Crippen LogP contribution in [0.3, 0.4) is 0 Å². The highest BCUT2D eigenvalue weighted by Gasteiger charge is 2.19. The van der Waals surface area contributed by atoms with Gasteiger partial charge in [-0.05, 0) is 18.6 Å². The van der Waals surface area contributed by atoms with Crippen LogP contribution in [0, 0.1) is 0 Å². The molecule has 1 N–H and O–H groups in total. The van der Waals surface area contributed by atoms with Gasteiger partial charge in [0.05, 0.1) is 18.4 Å². The largest absolute Gasteiger partial charge is 0.477 e. The fourth-order valence-electron chi connectivity index (χ4n) is 2.09. The third-order valence-corrected chi connectivity index (χ3v) is 3.09. The lowest BCUT2D eigenvalue weighted by Gasteiger charge is -2.32. The molecule has 2 rings (SSSR count). The van der Waals surface area contributed by atoms with E-state index in [1.54, 1.807) is 6.07 Å². The van der Waals surface area contributed by atoms with Gasteiger partial charge in [-0.3, -0.25) is 4.90 Å². The van der Waals surface area contributed by atoms with Crippen LogP contribution >= 0.6 is 0 Å². The predicted octanol–water partition coefficient (Wildman–Crippen LogP) is 1.39. The average Bonchev–Trinajstić information content (AvgIpc) is 2.39. The maximum absolute atomic E-state index is 10.8. The standard InChI is InChI=1S/C13H18N2O3/c1-2-11-9-15(6-7-18-11)8-10-4-3-5-12(14-10)13(16)17/h3-5,11H,2,6-9H2,1H3,(H,16,17). The molecule has 1 saturated heterocycles. The Bertz CT molecular complexity index is 422. The number of carboxylic acids is 1. The van der Waals surface area contributed by atoms with E-state index in [9.17, 15) is 4.79 Å². The van der Waals surface area contributed by atoms with Crippen LogP contribution in [0.4, 0.5) is 0 Å². The highest BCUT2D eigenvalue weighted by molar-refractivity contribution is 5.85. The monoisotopic (exact) mass is 250 g/mol. The fraction of sp³-hybridized carbons (Fsp3) is 0.538. The molecule has 5 nitrogen and oxygen atoms in total. The zero-order valence-corrected chi connectivity index (χ0v) is 10.5. The zero-order valence-electron chi connectivity index (χ0n) is 10.5. The summed E-state index contributed by atoms with van der Waals surface area (Å²) in [5.41, 5.74) is 0.902. The number of nitrogens with zero attached hydrogens (tertiary/aromatic N) is 2. The molecule has 1 aliphatic rings. The third-order valence-electron chi connectivity index (χ3n) is 3.09. The van der Waals surface area contributed by atoms with Gasteiger partial charge in [-0.2, -0.15) is 0 Å². The summed E-state index contributed by atoms with van der Waals surface area (Å²) in [4.78, 5) is 17.2. The molecule has 1 fully saturated rings. The molecule has 1 atom stereocenters. The number of morpholine rings is 1. The van der Waals surface area contributed by atoms with Crippen LogP contribution in [0.5, 0.6) is 0 Å². The molecule has 0 amide bonds. The summed E-state index contributed by atoms with van der Waals surface area (Å²) in [6, 6.07) is 5.12. The first-order valence-electron chi connectivity index (χ1n) is 6.22. The summed E-state index contributed by atoms with van der Waals surface area (Å²) in [6.07, 6.45) is 1.28. The van der Waals surface area contributed by atoms with Gasteiger partial charge in [0.25, 0.3) is 0 Å². The molecule has 0 aromatic carbocycles. The zero-order chi connectivity index (χ0) is 13.0. The van der Waals surface area contributed by atoms with E-state index in [1.807, 2.05) is 6.07 Å². The van der Waals surface area contributed by atoms with Crippen molar-refractivity contribution in [1.29, 1.82) is 0 Å². The lowest BCUT2D eigenvalue weighted by molar-refractivity contribution is -0.0328. The van der Waals surface area contributed by atoms with Crippen LogP contribution < -0.4 is 0 Å². The van der Waals surface area contributed by atoms with Crippen molar-refractivity contribution in [3.63, 3.8) is 0 Å². The number of hydrogen-bond acceptors (Lipinski definition) is 4. The van der Waals surface area contributed by atoms with E-state index in [2.05, 4.69) is 16.8 Å². The average molecular weight is 250 g/mol. The number of hydrogen-bond donors (Lipinski definition) is 1. The Hall–Kier alpha value is -1.46. The Morgan fingerprint density at radius 2 is 2.44 bits per heavy atom. The first-order chi connectivity index (χ1) is 8.69. The molecule has 18 heavy (non-hydrogen) atoms. The molecule has 0 aliphatic carbocycles. The molecular weight excluding hydrogens is 232 g/mol. The second kappa shape index (κ2) is 5.93. The minimum Gasteiger partial charge on any atom is -0.477 e. The van der Waals surface area contributed by atoms with Gasteiger partial charge < -0.3 is 9.84 Å². The van der Waals surface area contributed by atoms with Crippen molar-refractivity contribution in [3.8, 4) is 0 Å². The van der Waals surface area contributed by atoms with E-state index in [4.69, 9.17) is 9.84 Å². The van der Waals surface area contributed by atoms with E-state index >= 15 is 0 Å². The first-order valence-corrected chi connectivity index (χ1v) is 6.22. The van der Waals surface area contributed by atoms with Crippen molar-refractivity contribution in [2.24, 2.45) is 0 Å². The number of carbonyl (C=O) groups is 1. The molecule has 5 heteroatoms. The van der Waals surface area contributed by atoms with Crippen LogP contribution in [0.2, 0.25) is 0 Å². The van der Waals surface area contributed by atoms with Crippen LogP contribution in [-0.2, 0) is 11.3 Å². The number of rotatable bonds is 4. The molecule has 0 bridgehead atoms. The van der Waals surface area contributed by atoms with Crippen LogP contribution in [0.1, 0.15) is 29.5 Å². The Morgan fingerprint density at radius 3 is 3.17 bits per heavy atom. The second-order valence-electron chi connectivity index (χ2n) is 4.46. The predicted molar refractivity (Wildman–Crippen MR) is 66.5 cm³/mol. The Kier molecular flexibility index (Phi) is 4.28. The van der Waals surface area contributed by atoms with Gasteiger partial charge in [0, 0.05) is 19.6 Å². The maximum Gasteiger partial charge on any atom is 0.354 e. The molecule has 0 spiro atoms. The van der Waals surface area contributed by atoms with E-state index in [0.29, 0.717) is 6.54 Å². The van der Waals surface area contributed by atoms with Gasteiger partial charge in [-0.25, -0.2) is 9.78 Å². The number of aromatic nitrogens is 1. The van der Waals surface area contributed by atoms with E-state index in [0.717, 1.165) is 31.8 Å². The molecule has 1 aromatic heterocycles. The number of aromatic carboxylic acids is 1.